The topological polar surface area (TPSA) is 95.9 Å². The smallest absolute Gasteiger partial charge is 0.364 e. The Balaban J connectivity index is 1.45. The van der Waals surface area contributed by atoms with E-state index in [4.69, 9.17) is 0 Å². The predicted molar refractivity (Wildman–Crippen MR) is 125 cm³/mol. The molecule has 1 saturated heterocycles. The molecule has 1 aliphatic heterocycles. The predicted octanol–water partition coefficient (Wildman–Crippen LogP) is 5.49. The molecular formula is C24H22F7N7O. The Morgan fingerprint density at radius 3 is 2.33 bits per heavy atom. The van der Waals surface area contributed by atoms with Crippen LogP contribution in [0.1, 0.15) is 41.7 Å². The summed E-state index contributed by atoms with van der Waals surface area (Å²) in [5.74, 6) is -7.64. The zero-order valence-corrected chi connectivity index (χ0v) is 20.4. The summed E-state index contributed by atoms with van der Waals surface area (Å²) in [5, 5.41) is 4.41. The van der Waals surface area contributed by atoms with Crippen LogP contribution in [0.15, 0.2) is 36.7 Å². The Labute approximate surface area is 217 Å². The van der Waals surface area contributed by atoms with Gasteiger partial charge in [0.05, 0.1) is 17.8 Å². The second kappa shape index (κ2) is 11.0. The number of hydrogen-bond donors (Lipinski definition) is 2. The Morgan fingerprint density at radius 2 is 1.69 bits per heavy atom. The van der Waals surface area contributed by atoms with E-state index in [0.717, 1.165) is 36.7 Å². The number of para-hydroxylation sites is 1. The number of aryl methyl sites for hydroxylation is 1. The van der Waals surface area contributed by atoms with Crippen molar-refractivity contribution < 1.29 is 35.5 Å². The third kappa shape index (κ3) is 6.52. The highest BCUT2D eigenvalue weighted by molar-refractivity contribution is 5.89. The van der Waals surface area contributed by atoms with Gasteiger partial charge < -0.3 is 15.5 Å². The second-order valence-corrected chi connectivity index (χ2v) is 8.83. The van der Waals surface area contributed by atoms with E-state index < -0.39 is 65.1 Å². The molecule has 15 heteroatoms. The number of rotatable bonds is 6. The number of nitrogens with zero attached hydrogens (tertiary/aromatic N) is 5. The lowest BCUT2D eigenvalue weighted by atomic mass is 9.89. The van der Waals surface area contributed by atoms with Crippen LogP contribution in [0.3, 0.4) is 0 Å². The highest BCUT2D eigenvalue weighted by Gasteiger charge is 2.39. The van der Waals surface area contributed by atoms with Crippen molar-refractivity contribution in [3.05, 3.63) is 71.2 Å². The molecule has 0 saturated carbocycles. The van der Waals surface area contributed by atoms with E-state index in [1.165, 1.54) is 11.8 Å². The minimum Gasteiger partial charge on any atom is -0.364 e. The number of anilines is 2. The molecule has 208 valence electrons. The Bertz CT molecular complexity index is 1320. The van der Waals surface area contributed by atoms with Crippen molar-refractivity contribution in [2.75, 3.05) is 30.3 Å². The molecule has 3 heterocycles. The molecule has 39 heavy (non-hydrogen) atoms. The summed E-state index contributed by atoms with van der Waals surface area (Å²) in [7, 11) is 0. The maximum atomic E-state index is 15.3. The monoisotopic (exact) mass is 557 g/mol. The number of aromatic nitrogens is 4. The lowest BCUT2D eigenvalue weighted by Gasteiger charge is -2.33. The number of benzene rings is 1. The first kappa shape index (κ1) is 28.0. The summed E-state index contributed by atoms with van der Waals surface area (Å²) in [6, 6.07) is 3.45. The summed E-state index contributed by atoms with van der Waals surface area (Å²) < 4.78 is 96.9. The Kier molecular flexibility index (Phi) is 7.88. The van der Waals surface area contributed by atoms with Crippen molar-refractivity contribution in [2.24, 2.45) is 0 Å². The summed E-state index contributed by atoms with van der Waals surface area (Å²) >= 11 is 0. The number of carbonyl (C=O) groups is 1. The second-order valence-electron chi connectivity index (χ2n) is 8.83. The third-order valence-corrected chi connectivity index (χ3v) is 6.10. The molecule has 1 aromatic carbocycles. The first-order valence-electron chi connectivity index (χ1n) is 11.7. The van der Waals surface area contributed by atoms with Gasteiger partial charge in [0.15, 0.2) is 0 Å². The van der Waals surface area contributed by atoms with E-state index in [9.17, 15) is 26.7 Å². The van der Waals surface area contributed by atoms with Gasteiger partial charge in [0, 0.05) is 31.4 Å². The van der Waals surface area contributed by atoms with Crippen molar-refractivity contribution in [3.63, 3.8) is 0 Å². The van der Waals surface area contributed by atoms with Crippen LogP contribution in [-0.4, -0.2) is 50.5 Å². The molecule has 2 amide bonds. The van der Waals surface area contributed by atoms with Crippen LogP contribution < -0.4 is 10.6 Å². The van der Waals surface area contributed by atoms with Crippen LogP contribution in [0.5, 0.6) is 0 Å². The molecule has 0 spiro atoms. The van der Waals surface area contributed by atoms with Crippen LogP contribution >= 0.6 is 0 Å². The van der Waals surface area contributed by atoms with Gasteiger partial charge in [-0.3, -0.25) is 0 Å². The van der Waals surface area contributed by atoms with Gasteiger partial charge in [-0.1, -0.05) is 6.07 Å². The maximum Gasteiger partial charge on any atom is 0.451 e. The lowest BCUT2D eigenvalue weighted by molar-refractivity contribution is -0.144. The minimum absolute atomic E-state index is 0.0492. The molecular weight excluding hydrogens is 535 g/mol. The zero-order chi connectivity index (χ0) is 28.4. The average Bonchev–Trinajstić information content (AvgIpc) is 2.89. The van der Waals surface area contributed by atoms with Gasteiger partial charge in [-0.15, -0.1) is 0 Å². The first-order chi connectivity index (χ1) is 18.3. The van der Waals surface area contributed by atoms with Gasteiger partial charge >= 0.3 is 12.2 Å². The van der Waals surface area contributed by atoms with Crippen molar-refractivity contribution in [1.82, 2.24) is 24.8 Å². The number of alkyl halides is 5. The number of carbonyl (C=O) groups excluding carboxylic acids is 1. The normalized spacial score (nSPS) is 14.8. The lowest BCUT2D eigenvalue weighted by Crippen LogP contribution is -2.41. The average molecular weight is 557 g/mol. The molecule has 0 radical (unpaired) electrons. The van der Waals surface area contributed by atoms with Crippen LogP contribution in [-0.2, 0) is 12.1 Å². The van der Waals surface area contributed by atoms with E-state index in [0.29, 0.717) is 0 Å². The number of piperidine rings is 1. The van der Waals surface area contributed by atoms with Gasteiger partial charge in [-0.25, -0.2) is 33.5 Å². The molecule has 3 aromatic rings. The van der Waals surface area contributed by atoms with Crippen molar-refractivity contribution in [2.45, 2.75) is 37.8 Å². The van der Waals surface area contributed by atoms with E-state index in [1.807, 2.05) is 0 Å². The van der Waals surface area contributed by atoms with E-state index in [2.05, 4.69) is 30.6 Å². The van der Waals surface area contributed by atoms with E-state index >= 15 is 8.78 Å². The molecule has 1 aliphatic rings. The highest BCUT2D eigenvalue weighted by atomic mass is 19.4. The molecule has 4 rings (SSSR count). The number of urea groups is 1. The fourth-order valence-corrected chi connectivity index (χ4v) is 4.13. The fourth-order valence-electron chi connectivity index (χ4n) is 4.13. The van der Waals surface area contributed by atoms with E-state index in [-0.39, 0.29) is 37.4 Å². The summed E-state index contributed by atoms with van der Waals surface area (Å²) in [6.07, 6.45) is -2.61. The molecule has 0 bridgehead atoms. The molecule has 1 fully saturated rings. The number of nitrogens with one attached hydrogen (secondary N) is 2. The van der Waals surface area contributed by atoms with Crippen LogP contribution in [0.4, 0.5) is 47.0 Å². The van der Waals surface area contributed by atoms with Gasteiger partial charge in [-0.2, -0.15) is 22.0 Å². The molecule has 8 nitrogen and oxygen atoms in total. The van der Waals surface area contributed by atoms with Crippen molar-refractivity contribution >= 4 is 17.5 Å². The minimum atomic E-state index is -4.84. The first-order valence-corrected chi connectivity index (χ1v) is 11.7. The Hall–Kier alpha value is -4.04. The SMILES string of the molecule is Cc1ncc(C(F)(F)CNc2ccnc(C(F)(F)F)n2)c(C2CCN(C(=O)Nc3c(F)cccc3F)CC2)n1. The molecule has 0 aliphatic carbocycles. The highest BCUT2D eigenvalue weighted by Crippen LogP contribution is 2.37. The van der Waals surface area contributed by atoms with Gasteiger partial charge in [-0.05, 0) is 38.0 Å². The van der Waals surface area contributed by atoms with E-state index in [1.54, 1.807) is 0 Å². The summed E-state index contributed by atoms with van der Waals surface area (Å²) in [5.41, 5.74) is -1.05. The summed E-state index contributed by atoms with van der Waals surface area (Å²) in [4.78, 5) is 28.3. The van der Waals surface area contributed by atoms with Crippen molar-refractivity contribution in [3.8, 4) is 0 Å². The largest absolute Gasteiger partial charge is 0.451 e. The Morgan fingerprint density at radius 1 is 1.03 bits per heavy atom. The molecule has 2 N–H and O–H groups in total. The van der Waals surface area contributed by atoms with Gasteiger partial charge in [0.2, 0.25) is 5.82 Å². The van der Waals surface area contributed by atoms with Crippen molar-refractivity contribution in [1.29, 1.82) is 0 Å². The number of amides is 2. The zero-order valence-electron chi connectivity index (χ0n) is 20.4. The van der Waals surface area contributed by atoms with Crippen LogP contribution in [0.2, 0.25) is 0 Å². The van der Waals surface area contributed by atoms with Crippen LogP contribution in [0.25, 0.3) is 0 Å². The van der Waals surface area contributed by atoms with Gasteiger partial charge in [0.25, 0.3) is 5.92 Å². The number of likely N-dealkylation sites (tertiary alicyclic amines) is 1. The molecule has 0 atom stereocenters. The number of hydrogen-bond acceptors (Lipinski definition) is 6. The molecule has 2 aromatic heterocycles. The quantitative estimate of drug-likeness (QED) is 0.390. The standard InChI is InChI=1S/C24H22F7N7O/c1-13-33-11-15(23(27,28)12-34-18-5-8-32-21(36-18)24(29,30)31)19(35-13)14-6-9-38(10-7-14)22(39)37-20-16(25)3-2-4-17(20)26/h2-5,8,11,14H,6-7,9-10,12H2,1H3,(H,37,39)(H,32,34,36). The number of halogens is 7. The third-order valence-electron chi connectivity index (χ3n) is 6.10. The summed E-state index contributed by atoms with van der Waals surface area (Å²) in [6.45, 7) is 0.630. The maximum absolute atomic E-state index is 15.3. The fraction of sp³-hybridized carbons (Fsp3) is 0.375. The van der Waals surface area contributed by atoms with Crippen LogP contribution in [0, 0.1) is 18.6 Å². The van der Waals surface area contributed by atoms with Gasteiger partial charge in [0.1, 0.15) is 29.0 Å². The molecule has 0 unspecified atom stereocenters.